The van der Waals surface area contributed by atoms with E-state index in [2.05, 4.69) is 21.9 Å². The van der Waals surface area contributed by atoms with Gasteiger partial charge in [-0.05, 0) is 56.3 Å². The molecule has 2 unspecified atom stereocenters. The van der Waals surface area contributed by atoms with E-state index in [1.807, 2.05) is 48.6 Å². The standard InChI is InChI=1S/C20H19N3O/c1-23-18-8-9-19(23)17(13-15-7-3-5-11-22-15)20(24)16(18)12-14-6-2-4-10-21-14/h2-7,10-13,18-19H,8-9H2,1H3/b16-12-,17-13?. The minimum Gasteiger partial charge on any atom is -0.292 e. The Morgan fingerprint density at radius 3 is 1.83 bits per heavy atom. The number of hydrogen-bond acceptors (Lipinski definition) is 4. The molecule has 2 aromatic heterocycles. The monoisotopic (exact) mass is 317 g/mol. The van der Waals surface area contributed by atoms with Crippen LogP contribution >= 0.6 is 0 Å². The number of nitrogens with zero attached hydrogens (tertiary/aromatic N) is 3. The van der Waals surface area contributed by atoms with Gasteiger partial charge in [0.2, 0.25) is 0 Å². The van der Waals surface area contributed by atoms with Crippen LogP contribution in [0.3, 0.4) is 0 Å². The first-order valence-corrected chi connectivity index (χ1v) is 8.26. The molecule has 2 saturated heterocycles. The molecule has 2 fully saturated rings. The van der Waals surface area contributed by atoms with Crippen LogP contribution in [0.4, 0.5) is 0 Å². The third-order valence-electron chi connectivity index (χ3n) is 4.92. The zero-order valence-corrected chi connectivity index (χ0v) is 13.6. The summed E-state index contributed by atoms with van der Waals surface area (Å²) in [5.74, 6) is 0.136. The maximum absolute atomic E-state index is 13.1. The summed E-state index contributed by atoms with van der Waals surface area (Å²) in [6, 6.07) is 11.9. The molecule has 2 aliphatic heterocycles. The number of hydrogen-bond donors (Lipinski definition) is 0. The lowest BCUT2D eigenvalue weighted by atomic mass is 9.89. The minimum atomic E-state index is 0.136. The number of carbonyl (C=O) groups excluding carboxylic acids is 1. The average Bonchev–Trinajstić information content (AvgIpc) is 2.93. The van der Waals surface area contributed by atoms with Gasteiger partial charge in [0.15, 0.2) is 5.78 Å². The molecule has 0 saturated carbocycles. The van der Waals surface area contributed by atoms with Gasteiger partial charge in [0.1, 0.15) is 0 Å². The molecule has 0 radical (unpaired) electrons. The Kier molecular flexibility index (Phi) is 3.82. The second kappa shape index (κ2) is 6.13. The third-order valence-corrected chi connectivity index (χ3v) is 4.92. The normalized spacial score (nSPS) is 27.1. The van der Waals surface area contributed by atoms with E-state index in [0.717, 1.165) is 35.4 Å². The van der Waals surface area contributed by atoms with Crippen molar-refractivity contribution in [2.24, 2.45) is 0 Å². The number of aromatic nitrogens is 2. The van der Waals surface area contributed by atoms with Gasteiger partial charge >= 0.3 is 0 Å². The van der Waals surface area contributed by atoms with Crippen LogP contribution < -0.4 is 0 Å². The lowest BCUT2D eigenvalue weighted by molar-refractivity contribution is -0.114. The van der Waals surface area contributed by atoms with Crippen LogP contribution in [0.15, 0.2) is 59.9 Å². The zero-order chi connectivity index (χ0) is 16.5. The number of carbonyl (C=O) groups is 1. The van der Waals surface area contributed by atoms with E-state index in [4.69, 9.17) is 0 Å². The summed E-state index contributed by atoms with van der Waals surface area (Å²) >= 11 is 0. The molecular weight excluding hydrogens is 298 g/mol. The topological polar surface area (TPSA) is 46.1 Å². The van der Waals surface area contributed by atoms with Crippen molar-refractivity contribution in [3.63, 3.8) is 0 Å². The second-order valence-electron chi connectivity index (χ2n) is 6.31. The van der Waals surface area contributed by atoms with Crippen molar-refractivity contribution in [2.45, 2.75) is 24.9 Å². The molecule has 2 atom stereocenters. The van der Waals surface area contributed by atoms with Crippen LogP contribution in [-0.4, -0.2) is 39.8 Å². The second-order valence-corrected chi connectivity index (χ2v) is 6.31. The smallest absolute Gasteiger partial charge is 0.188 e. The first-order valence-electron chi connectivity index (χ1n) is 8.26. The van der Waals surface area contributed by atoms with E-state index in [1.165, 1.54) is 0 Å². The van der Waals surface area contributed by atoms with Crippen molar-refractivity contribution >= 4 is 17.9 Å². The van der Waals surface area contributed by atoms with Gasteiger partial charge in [-0.25, -0.2) is 0 Å². The summed E-state index contributed by atoms with van der Waals surface area (Å²) in [5, 5.41) is 0. The van der Waals surface area contributed by atoms with Crippen LogP contribution in [0, 0.1) is 0 Å². The molecule has 24 heavy (non-hydrogen) atoms. The predicted octanol–water partition coefficient (Wildman–Crippen LogP) is 2.99. The third kappa shape index (κ3) is 2.59. The van der Waals surface area contributed by atoms with Crippen molar-refractivity contribution < 1.29 is 4.79 Å². The SMILES string of the molecule is CN1C2CCC1/C(=C/c1ccccn1)C(=O)C2=Cc1ccccn1. The fraction of sp³-hybridized carbons (Fsp3) is 0.250. The minimum absolute atomic E-state index is 0.136. The molecule has 2 bridgehead atoms. The summed E-state index contributed by atoms with van der Waals surface area (Å²) in [6.45, 7) is 0. The molecule has 120 valence electrons. The Bertz CT molecular complexity index is 744. The van der Waals surface area contributed by atoms with E-state index in [9.17, 15) is 4.79 Å². The fourth-order valence-corrected chi connectivity index (χ4v) is 3.72. The van der Waals surface area contributed by atoms with Gasteiger partial charge < -0.3 is 0 Å². The fourth-order valence-electron chi connectivity index (χ4n) is 3.72. The van der Waals surface area contributed by atoms with E-state index in [1.54, 1.807) is 12.4 Å². The quantitative estimate of drug-likeness (QED) is 0.799. The molecule has 0 aliphatic carbocycles. The van der Waals surface area contributed by atoms with Crippen LogP contribution in [0.5, 0.6) is 0 Å². The molecule has 0 aromatic carbocycles. The van der Waals surface area contributed by atoms with E-state index in [-0.39, 0.29) is 17.9 Å². The van der Waals surface area contributed by atoms with Crippen LogP contribution in [0.25, 0.3) is 12.2 Å². The first-order chi connectivity index (χ1) is 11.7. The number of likely N-dealkylation sites (N-methyl/N-ethyl adjacent to an activating group) is 1. The predicted molar refractivity (Wildman–Crippen MR) is 94.0 cm³/mol. The number of rotatable bonds is 2. The van der Waals surface area contributed by atoms with Crippen molar-refractivity contribution in [2.75, 3.05) is 7.05 Å². The van der Waals surface area contributed by atoms with E-state index in [0.29, 0.717) is 0 Å². The molecule has 0 spiro atoms. The zero-order valence-electron chi connectivity index (χ0n) is 13.6. The Labute approximate surface area is 141 Å². The van der Waals surface area contributed by atoms with Crippen molar-refractivity contribution in [3.8, 4) is 0 Å². The molecule has 4 heterocycles. The van der Waals surface area contributed by atoms with Crippen LogP contribution in [-0.2, 0) is 4.79 Å². The Morgan fingerprint density at radius 1 is 0.917 bits per heavy atom. The van der Waals surface area contributed by atoms with Crippen LogP contribution in [0.2, 0.25) is 0 Å². The first kappa shape index (κ1) is 15.0. The maximum atomic E-state index is 13.1. The molecule has 2 aliphatic rings. The van der Waals surface area contributed by atoms with Gasteiger partial charge in [0, 0.05) is 35.6 Å². The van der Waals surface area contributed by atoms with Crippen LogP contribution in [0.1, 0.15) is 24.2 Å². The Morgan fingerprint density at radius 2 is 1.42 bits per heavy atom. The number of Topliss-reactive ketones (excluding diaryl/α,β-unsaturated/α-hetero) is 1. The lowest BCUT2D eigenvalue weighted by Gasteiger charge is -2.34. The van der Waals surface area contributed by atoms with Gasteiger partial charge in [0.05, 0.1) is 11.4 Å². The highest BCUT2D eigenvalue weighted by Gasteiger charge is 2.44. The summed E-state index contributed by atoms with van der Waals surface area (Å²) in [5.41, 5.74) is 3.34. The van der Waals surface area contributed by atoms with Gasteiger partial charge in [0.25, 0.3) is 0 Å². The summed E-state index contributed by atoms with van der Waals surface area (Å²) < 4.78 is 0. The largest absolute Gasteiger partial charge is 0.292 e. The molecule has 4 nitrogen and oxygen atoms in total. The molecule has 0 amide bonds. The van der Waals surface area contributed by atoms with E-state index < -0.39 is 0 Å². The molecule has 4 heteroatoms. The number of pyridine rings is 2. The highest BCUT2D eigenvalue weighted by atomic mass is 16.1. The molecule has 0 N–H and O–H groups in total. The Hall–Kier alpha value is -2.59. The van der Waals surface area contributed by atoms with Crippen molar-refractivity contribution in [3.05, 3.63) is 71.3 Å². The summed E-state index contributed by atoms with van der Waals surface area (Å²) in [6.07, 6.45) is 9.40. The lowest BCUT2D eigenvalue weighted by Crippen LogP contribution is -2.43. The highest BCUT2D eigenvalue weighted by Crippen LogP contribution is 2.40. The molecule has 4 rings (SSSR count). The molecule has 2 aromatic rings. The average molecular weight is 317 g/mol. The van der Waals surface area contributed by atoms with Crippen molar-refractivity contribution in [1.82, 2.24) is 14.9 Å². The highest BCUT2D eigenvalue weighted by molar-refractivity contribution is 6.16. The maximum Gasteiger partial charge on any atom is 0.188 e. The number of fused-ring (bicyclic) bond motifs is 2. The summed E-state index contributed by atoms with van der Waals surface area (Å²) in [4.78, 5) is 24.1. The van der Waals surface area contributed by atoms with Gasteiger partial charge in [-0.2, -0.15) is 0 Å². The molecular formula is C20H19N3O. The summed E-state index contributed by atoms with van der Waals surface area (Å²) in [7, 11) is 2.10. The number of ketones is 1. The van der Waals surface area contributed by atoms with Gasteiger partial charge in [-0.15, -0.1) is 0 Å². The van der Waals surface area contributed by atoms with Crippen molar-refractivity contribution in [1.29, 1.82) is 0 Å². The number of piperidine rings is 1. The van der Waals surface area contributed by atoms with Gasteiger partial charge in [-0.1, -0.05) is 12.1 Å². The van der Waals surface area contributed by atoms with Gasteiger partial charge in [-0.3, -0.25) is 19.7 Å². The van der Waals surface area contributed by atoms with E-state index >= 15 is 0 Å². The Balaban J connectivity index is 1.78.